The van der Waals surface area contributed by atoms with Gasteiger partial charge in [-0.1, -0.05) is 72.3 Å². The summed E-state index contributed by atoms with van der Waals surface area (Å²) in [7, 11) is -4.18. The van der Waals surface area contributed by atoms with Crippen LogP contribution in [0.2, 0.25) is 0 Å². The van der Waals surface area contributed by atoms with Crippen LogP contribution in [0.4, 0.5) is 0 Å². The molecule has 186 valence electrons. The summed E-state index contributed by atoms with van der Waals surface area (Å²) in [5.74, 6) is -0.809. The Hall–Kier alpha value is -3.71. The quantitative estimate of drug-likeness (QED) is 0.402. The molecule has 0 saturated heterocycles. The largest absolute Gasteiger partial charge is 0.370 e. The highest BCUT2D eigenvalue weighted by atomic mass is 32.2. The molecule has 0 saturated carbocycles. The van der Waals surface area contributed by atoms with Crippen LogP contribution in [0, 0.1) is 13.8 Å². The molecule has 6 nitrogen and oxygen atoms in total. The number of fused-ring (bicyclic) bond motifs is 1. The summed E-state index contributed by atoms with van der Waals surface area (Å²) in [4.78, 5) is 29.6. The van der Waals surface area contributed by atoms with E-state index < -0.39 is 22.4 Å². The van der Waals surface area contributed by atoms with Crippen molar-refractivity contribution in [1.82, 2.24) is 9.21 Å². The zero-order valence-electron chi connectivity index (χ0n) is 21.0. The molecule has 0 fully saturated rings. The van der Waals surface area contributed by atoms with Crippen LogP contribution in [0.25, 0.3) is 5.70 Å². The lowest BCUT2D eigenvalue weighted by molar-refractivity contribution is 0.0956. The minimum absolute atomic E-state index is 0.00159. The number of sulfonamides is 1. The Morgan fingerprint density at radius 2 is 1.50 bits per heavy atom. The number of carbonyl (C=O) groups is 2. The molecule has 0 amide bonds. The van der Waals surface area contributed by atoms with Gasteiger partial charge in [0.1, 0.15) is 5.70 Å². The van der Waals surface area contributed by atoms with Crippen molar-refractivity contribution in [3.05, 3.63) is 106 Å². The second kappa shape index (κ2) is 10.1. The van der Waals surface area contributed by atoms with Crippen molar-refractivity contribution < 1.29 is 18.0 Å². The van der Waals surface area contributed by atoms with E-state index in [1.54, 1.807) is 54.6 Å². The Bertz CT molecular complexity index is 1460. The maximum Gasteiger partial charge on any atom is 0.265 e. The molecule has 1 aliphatic heterocycles. The number of benzene rings is 3. The van der Waals surface area contributed by atoms with Gasteiger partial charge in [0.05, 0.1) is 17.1 Å². The van der Waals surface area contributed by atoms with E-state index in [0.29, 0.717) is 35.5 Å². The molecule has 0 radical (unpaired) electrons. The Morgan fingerprint density at radius 1 is 0.861 bits per heavy atom. The standard InChI is InChI=1S/C29H30N2O4S/c1-5-30(6-2)27-24-14-10-11-15-26(24)36(34,35)31(28(27)29(33)22-12-8-7-9-13-22)19-25(32)23-17-16-20(3)18-21(23)4/h7-18H,5-6,19H2,1-4H3. The second-order valence-corrected chi connectivity index (χ2v) is 10.6. The van der Waals surface area contributed by atoms with Gasteiger partial charge >= 0.3 is 0 Å². The molecule has 0 aliphatic carbocycles. The van der Waals surface area contributed by atoms with Crippen molar-refractivity contribution in [3.8, 4) is 0 Å². The van der Waals surface area contributed by atoms with Gasteiger partial charge in [0.25, 0.3) is 10.0 Å². The van der Waals surface area contributed by atoms with E-state index in [1.165, 1.54) is 6.07 Å². The van der Waals surface area contributed by atoms with Crippen molar-refractivity contribution in [3.63, 3.8) is 0 Å². The van der Waals surface area contributed by atoms with Crippen LogP contribution >= 0.6 is 0 Å². The molecule has 3 aromatic rings. The van der Waals surface area contributed by atoms with Crippen LogP contribution < -0.4 is 0 Å². The monoisotopic (exact) mass is 502 g/mol. The van der Waals surface area contributed by atoms with Crippen LogP contribution in [0.3, 0.4) is 0 Å². The van der Waals surface area contributed by atoms with E-state index in [2.05, 4.69) is 0 Å². The Kier molecular flexibility index (Phi) is 7.13. The molecule has 0 unspecified atom stereocenters. The van der Waals surface area contributed by atoms with Crippen molar-refractivity contribution in [2.24, 2.45) is 0 Å². The third-order valence-electron chi connectivity index (χ3n) is 6.48. The smallest absolute Gasteiger partial charge is 0.265 e. The van der Waals surface area contributed by atoms with Gasteiger partial charge in [0, 0.05) is 29.8 Å². The number of Topliss-reactive ketones (excluding diaryl/α,β-unsaturated/α-hetero) is 2. The lowest BCUT2D eigenvalue weighted by Gasteiger charge is -2.37. The fraction of sp³-hybridized carbons (Fsp3) is 0.241. The van der Waals surface area contributed by atoms with Gasteiger partial charge in [-0.2, -0.15) is 0 Å². The van der Waals surface area contributed by atoms with Gasteiger partial charge in [-0.25, -0.2) is 8.42 Å². The van der Waals surface area contributed by atoms with Crippen molar-refractivity contribution >= 4 is 27.3 Å². The first-order valence-electron chi connectivity index (χ1n) is 12.0. The molecule has 0 N–H and O–H groups in total. The summed E-state index contributed by atoms with van der Waals surface area (Å²) in [5.41, 5.74) is 3.55. The second-order valence-electron chi connectivity index (χ2n) is 8.81. The molecule has 36 heavy (non-hydrogen) atoms. The number of rotatable bonds is 8. The maximum absolute atomic E-state index is 14.0. The lowest BCUT2D eigenvalue weighted by Crippen LogP contribution is -2.43. The maximum atomic E-state index is 14.0. The predicted octanol–water partition coefficient (Wildman–Crippen LogP) is 5.08. The van der Waals surface area contributed by atoms with E-state index in [0.717, 1.165) is 15.4 Å². The van der Waals surface area contributed by atoms with Gasteiger partial charge in [-0.3, -0.25) is 13.9 Å². The summed E-state index contributed by atoms with van der Waals surface area (Å²) in [5, 5.41) is 0. The van der Waals surface area contributed by atoms with Gasteiger partial charge in [0.2, 0.25) is 5.78 Å². The Balaban J connectivity index is 1.98. The number of carbonyl (C=O) groups excluding carboxylic acids is 2. The highest BCUT2D eigenvalue weighted by Crippen LogP contribution is 2.40. The summed E-state index contributed by atoms with van der Waals surface area (Å²) in [6.07, 6.45) is 0. The SMILES string of the molecule is CCN(CC)C1=C(C(=O)c2ccccc2)N(CC(=O)c2ccc(C)cc2C)S(=O)(=O)c2ccccc21. The lowest BCUT2D eigenvalue weighted by atomic mass is 10.00. The zero-order valence-corrected chi connectivity index (χ0v) is 21.8. The molecular weight excluding hydrogens is 472 g/mol. The number of allylic oxidation sites excluding steroid dienone is 1. The highest BCUT2D eigenvalue weighted by molar-refractivity contribution is 7.89. The molecule has 3 aromatic carbocycles. The molecule has 0 atom stereocenters. The van der Waals surface area contributed by atoms with Crippen molar-refractivity contribution in [2.45, 2.75) is 32.6 Å². The van der Waals surface area contributed by atoms with Gasteiger partial charge in [0.15, 0.2) is 5.78 Å². The average Bonchev–Trinajstić information content (AvgIpc) is 2.87. The minimum Gasteiger partial charge on any atom is -0.370 e. The first-order valence-corrected chi connectivity index (χ1v) is 13.5. The van der Waals surface area contributed by atoms with Crippen LogP contribution in [-0.2, 0) is 10.0 Å². The van der Waals surface area contributed by atoms with E-state index in [4.69, 9.17) is 0 Å². The zero-order chi connectivity index (χ0) is 26.0. The molecule has 0 bridgehead atoms. The normalized spacial score (nSPS) is 14.4. The highest BCUT2D eigenvalue weighted by Gasteiger charge is 2.42. The van der Waals surface area contributed by atoms with Gasteiger partial charge in [-0.15, -0.1) is 0 Å². The van der Waals surface area contributed by atoms with Crippen molar-refractivity contribution in [1.29, 1.82) is 0 Å². The first kappa shape index (κ1) is 25.4. The van der Waals surface area contributed by atoms with Crippen molar-refractivity contribution in [2.75, 3.05) is 19.6 Å². The Labute approximate surface area is 212 Å². The van der Waals surface area contributed by atoms with E-state index in [9.17, 15) is 18.0 Å². The molecule has 7 heteroatoms. The topological polar surface area (TPSA) is 74.8 Å². The van der Waals surface area contributed by atoms with Crippen LogP contribution in [0.5, 0.6) is 0 Å². The van der Waals surface area contributed by atoms with Gasteiger partial charge < -0.3 is 4.90 Å². The molecule has 0 spiro atoms. The number of hydrogen-bond acceptors (Lipinski definition) is 5. The van der Waals surface area contributed by atoms with Crippen LogP contribution in [0.1, 0.15) is 51.3 Å². The number of nitrogens with zero attached hydrogens (tertiary/aromatic N) is 2. The molecule has 1 heterocycles. The molecular formula is C29H30N2O4S. The first-order chi connectivity index (χ1) is 17.2. The summed E-state index contributed by atoms with van der Waals surface area (Å²) >= 11 is 0. The number of hydrogen-bond donors (Lipinski definition) is 0. The fourth-order valence-electron chi connectivity index (χ4n) is 4.68. The molecule has 1 aliphatic rings. The number of aryl methyl sites for hydroxylation is 2. The van der Waals surface area contributed by atoms with Gasteiger partial charge in [-0.05, 0) is 39.3 Å². The molecule has 4 rings (SSSR count). The summed E-state index contributed by atoms with van der Waals surface area (Å²) in [6, 6.07) is 20.7. The van der Waals surface area contributed by atoms with Crippen LogP contribution in [0.15, 0.2) is 83.4 Å². The Morgan fingerprint density at radius 3 is 2.14 bits per heavy atom. The summed E-state index contributed by atoms with van der Waals surface area (Å²) in [6.45, 7) is 8.32. The summed E-state index contributed by atoms with van der Waals surface area (Å²) < 4.78 is 29.0. The predicted molar refractivity (Wildman–Crippen MR) is 141 cm³/mol. The third kappa shape index (κ3) is 4.46. The number of ketones is 2. The molecule has 0 aromatic heterocycles. The van der Waals surface area contributed by atoms with Crippen LogP contribution in [-0.4, -0.2) is 48.8 Å². The van der Waals surface area contributed by atoms with E-state index in [-0.39, 0.29) is 16.4 Å². The van der Waals surface area contributed by atoms with E-state index in [1.807, 2.05) is 44.7 Å². The average molecular weight is 503 g/mol. The van der Waals surface area contributed by atoms with E-state index >= 15 is 0 Å². The minimum atomic E-state index is -4.18. The fourth-order valence-corrected chi connectivity index (χ4v) is 6.31. The third-order valence-corrected chi connectivity index (χ3v) is 8.29.